The summed E-state index contributed by atoms with van der Waals surface area (Å²) in [6.07, 6.45) is 5.40. The van der Waals surface area contributed by atoms with Crippen LogP contribution in [0.5, 0.6) is 0 Å². The zero-order chi connectivity index (χ0) is 10.1. The Morgan fingerprint density at radius 2 is 2.36 bits per heavy atom. The minimum atomic E-state index is 0.915. The van der Waals surface area contributed by atoms with Crippen molar-refractivity contribution in [1.29, 1.82) is 0 Å². The Labute approximate surface area is 92.2 Å². The fourth-order valence-corrected chi connectivity index (χ4v) is 2.85. The van der Waals surface area contributed by atoms with E-state index in [1.54, 1.807) is 7.11 Å². The summed E-state index contributed by atoms with van der Waals surface area (Å²) >= 11 is 2.08. The van der Waals surface area contributed by atoms with Crippen molar-refractivity contribution < 1.29 is 4.74 Å². The molecular formula is C11H23NOS. The average Bonchev–Trinajstić information content (AvgIpc) is 2.25. The fraction of sp³-hybridized carbons (Fsp3) is 1.00. The molecule has 1 aliphatic rings. The van der Waals surface area contributed by atoms with Gasteiger partial charge < -0.3 is 10.1 Å². The van der Waals surface area contributed by atoms with Crippen LogP contribution in [-0.4, -0.2) is 38.3 Å². The molecule has 84 valence electrons. The molecule has 0 aromatic heterocycles. The zero-order valence-corrected chi connectivity index (χ0v) is 10.1. The smallest absolute Gasteiger partial charge is 0.0470 e. The van der Waals surface area contributed by atoms with Crippen molar-refractivity contribution in [3.05, 3.63) is 0 Å². The van der Waals surface area contributed by atoms with Crippen LogP contribution in [0, 0.1) is 5.92 Å². The molecule has 0 aromatic rings. The maximum absolute atomic E-state index is 5.02. The SMILES string of the molecule is COCCCSCCC1CCCNC1. The second kappa shape index (κ2) is 8.57. The van der Waals surface area contributed by atoms with Crippen LogP contribution in [0.25, 0.3) is 0 Å². The summed E-state index contributed by atoms with van der Waals surface area (Å²) < 4.78 is 5.02. The molecule has 1 heterocycles. The summed E-state index contributed by atoms with van der Waals surface area (Å²) in [4.78, 5) is 0. The topological polar surface area (TPSA) is 21.3 Å². The van der Waals surface area contributed by atoms with Crippen LogP contribution in [0.1, 0.15) is 25.7 Å². The summed E-state index contributed by atoms with van der Waals surface area (Å²) in [5, 5.41) is 3.47. The highest BCUT2D eigenvalue weighted by atomic mass is 32.2. The van der Waals surface area contributed by atoms with Gasteiger partial charge in [0.15, 0.2) is 0 Å². The molecule has 3 heteroatoms. The number of piperidine rings is 1. The van der Waals surface area contributed by atoms with E-state index in [0.29, 0.717) is 0 Å². The number of ether oxygens (including phenoxy) is 1. The Bertz CT molecular complexity index is 126. The molecule has 0 radical (unpaired) electrons. The van der Waals surface area contributed by atoms with Crippen molar-refractivity contribution in [3.8, 4) is 0 Å². The predicted octanol–water partition coefficient (Wildman–Crippen LogP) is 2.15. The fourth-order valence-electron chi connectivity index (χ4n) is 1.83. The first-order chi connectivity index (χ1) is 6.93. The Hall–Kier alpha value is 0.270. The van der Waals surface area contributed by atoms with E-state index in [4.69, 9.17) is 4.74 Å². The third-order valence-electron chi connectivity index (χ3n) is 2.71. The van der Waals surface area contributed by atoms with Gasteiger partial charge in [-0.15, -0.1) is 0 Å². The van der Waals surface area contributed by atoms with Gasteiger partial charge in [-0.3, -0.25) is 0 Å². The summed E-state index contributed by atoms with van der Waals surface area (Å²) in [6.45, 7) is 3.40. The van der Waals surface area contributed by atoms with Crippen molar-refractivity contribution in [1.82, 2.24) is 5.32 Å². The molecule has 0 aliphatic carbocycles. The average molecular weight is 217 g/mol. The van der Waals surface area contributed by atoms with Crippen LogP contribution < -0.4 is 5.32 Å². The summed E-state index contributed by atoms with van der Waals surface area (Å²) in [5.74, 6) is 3.53. The van der Waals surface area contributed by atoms with Crippen LogP contribution in [0.15, 0.2) is 0 Å². The number of hydrogen-bond acceptors (Lipinski definition) is 3. The molecule has 1 rings (SSSR count). The van der Waals surface area contributed by atoms with E-state index >= 15 is 0 Å². The van der Waals surface area contributed by atoms with Crippen LogP contribution >= 0.6 is 11.8 Å². The molecule has 0 spiro atoms. The number of thioether (sulfide) groups is 1. The van der Waals surface area contributed by atoms with E-state index in [2.05, 4.69) is 17.1 Å². The maximum atomic E-state index is 5.02. The van der Waals surface area contributed by atoms with Crippen LogP contribution in [0.3, 0.4) is 0 Å². The van der Waals surface area contributed by atoms with Gasteiger partial charge in [0, 0.05) is 13.7 Å². The minimum Gasteiger partial charge on any atom is -0.385 e. The van der Waals surface area contributed by atoms with Crippen molar-refractivity contribution >= 4 is 11.8 Å². The van der Waals surface area contributed by atoms with E-state index in [1.165, 1.54) is 50.3 Å². The van der Waals surface area contributed by atoms with Crippen LogP contribution in [0.2, 0.25) is 0 Å². The van der Waals surface area contributed by atoms with Crippen molar-refractivity contribution in [2.75, 3.05) is 38.3 Å². The zero-order valence-electron chi connectivity index (χ0n) is 9.26. The Kier molecular flexibility index (Phi) is 7.55. The van der Waals surface area contributed by atoms with Gasteiger partial charge in [-0.25, -0.2) is 0 Å². The molecule has 0 amide bonds. The molecule has 1 N–H and O–H groups in total. The molecular weight excluding hydrogens is 194 g/mol. The second-order valence-corrected chi connectivity index (χ2v) is 5.18. The lowest BCUT2D eigenvalue weighted by Gasteiger charge is -2.22. The second-order valence-electron chi connectivity index (χ2n) is 3.96. The van der Waals surface area contributed by atoms with E-state index in [9.17, 15) is 0 Å². The first-order valence-corrected chi connectivity index (χ1v) is 6.86. The Morgan fingerprint density at radius 1 is 1.43 bits per heavy atom. The van der Waals surface area contributed by atoms with Gasteiger partial charge in [0.25, 0.3) is 0 Å². The van der Waals surface area contributed by atoms with Gasteiger partial charge in [0.2, 0.25) is 0 Å². The molecule has 0 aromatic carbocycles. The molecule has 1 aliphatic heterocycles. The van der Waals surface area contributed by atoms with E-state index in [-0.39, 0.29) is 0 Å². The monoisotopic (exact) mass is 217 g/mol. The molecule has 1 unspecified atom stereocenters. The first-order valence-electron chi connectivity index (χ1n) is 5.71. The number of nitrogens with one attached hydrogen (secondary N) is 1. The third-order valence-corrected chi connectivity index (χ3v) is 3.81. The van der Waals surface area contributed by atoms with Gasteiger partial charge in [-0.05, 0) is 56.2 Å². The quantitative estimate of drug-likeness (QED) is 0.660. The van der Waals surface area contributed by atoms with Crippen molar-refractivity contribution in [2.24, 2.45) is 5.92 Å². The van der Waals surface area contributed by atoms with Crippen molar-refractivity contribution in [3.63, 3.8) is 0 Å². The lowest BCUT2D eigenvalue weighted by molar-refractivity contribution is 0.200. The normalized spacial score (nSPS) is 22.5. The van der Waals surface area contributed by atoms with Gasteiger partial charge in [-0.1, -0.05) is 0 Å². The molecule has 1 fully saturated rings. The minimum absolute atomic E-state index is 0.915. The van der Waals surface area contributed by atoms with E-state index in [0.717, 1.165) is 12.5 Å². The largest absolute Gasteiger partial charge is 0.385 e. The van der Waals surface area contributed by atoms with E-state index in [1.807, 2.05) is 0 Å². The number of hydrogen-bond donors (Lipinski definition) is 1. The van der Waals surface area contributed by atoms with Crippen LogP contribution in [-0.2, 0) is 4.74 Å². The summed E-state index contributed by atoms with van der Waals surface area (Å²) in [5.41, 5.74) is 0. The highest BCUT2D eigenvalue weighted by Crippen LogP contribution is 2.17. The predicted molar refractivity (Wildman–Crippen MR) is 64.0 cm³/mol. The standard InChI is InChI=1S/C11H23NOS/c1-13-7-3-8-14-9-5-11-4-2-6-12-10-11/h11-12H,2-10H2,1H3. The van der Waals surface area contributed by atoms with Gasteiger partial charge >= 0.3 is 0 Å². The summed E-state index contributed by atoms with van der Waals surface area (Å²) in [7, 11) is 1.78. The lowest BCUT2D eigenvalue weighted by atomic mass is 9.97. The molecule has 0 saturated carbocycles. The molecule has 1 atom stereocenters. The molecule has 1 saturated heterocycles. The van der Waals surface area contributed by atoms with Gasteiger partial charge in [-0.2, -0.15) is 11.8 Å². The Balaban J connectivity index is 1.82. The third kappa shape index (κ3) is 5.89. The van der Waals surface area contributed by atoms with E-state index < -0.39 is 0 Å². The maximum Gasteiger partial charge on any atom is 0.0470 e. The number of methoxy groups -OCH3 is 1. The highest BCUT2D eigenvalue weighted by molar-refractivity contribution is 7.99. The molecule has 2 nitrogen and oxygen atoms in total. The van der Waals surface area contributed by atoms with Crippen molar-refractivity contribution in [2.45, 2.75) is 25.7 Å². The Morgan fingerprint density at radius 3 is 3.07 bits per heavy atom. The van der Waals surface area contributed by atoms with Gasteiger partial charge in [0.1, 0.15) is 0 Å². The van der Waals surface area contributed by atoms with Crippen LogP contribution in [0.4, 0.5) is 0 Å². The highest BCUT2D eigenvalue weighted by Gasteiger charge is 2.11. The first kappa shape index (κ1) is 12.3. The molecule has 14 heavy (non-hydrogen) atoms. The van der Waals surface area contributed by atoms with Gasteiger partial charge in [0.05, 0.1) is 0 Å². The molecule has 0 bridgehead atoms. The lowest BCUT2D eigenvalue weighted by Crippen LogP contribution is -2.29. The summed E-state index contributed by atoms with van der Waals surface area (Å²) in [6, 6.07) is 0. The number of rotatable bonds is 7.